The molecule has 0 amide bonds. The van der Waals surface area contributed by atoms with Gasteiger partial charge < -0.3 is 14.2 Å². The molecule has 106 valence electrons. The van der Waals surface area contributed by atoms with Crippen molar-refractivity contribution < 1.29 is 19.0 Å². The van der Waals surface area contributed by atoms with Gasteiger partial charge in [-0.1, -0.05) is 18.2 Å². The maximum Gasteiger partial charge on any atom is 0.348 e. The van der Waals surface area contributed by atoms with Gasteiger partial charge in [-0.3, -0.25) is 0 Å². The van der Waals surface area contributed by atoms with E-state index in [4.69, 9.17) is 19.5 Å². The first-order chi connectivity index (χ1) is 9.72. The van der Waals surface area contributed by atoms with Gasteiger partial charge >= 0.3 is 5.97 Å². The van der Waals surface area contributed by atoms with Crippen molar-refractivity contribution in [3.63, 3.8) is 0 Å². The van der Waals surface area contributed by atoms with E-state index in [1.807, 2.05) is 19.1 Å². The summed E-state index contributed by atoms with van der Waals surface area (Å²) in [7, 11) is 1.51. The number of ether oxygens (including phenoxy) is 3. The summed E-state index contributed by atoms with van der Waals surface area (Å²) in [6.07, 6.45) is 1.46. The normalized spacial score (nSPS) is 10.8. The van der Waals surface area contributed by atoms with Crippen LogP contribution in [0.25, 0.3) is 6.08 Å². The SMILES string of the molecule is CCOc1ccccc1/C=C(\C#N)C(=O)OCCOC. The molecule has 1 aromatic rings. The summed E-state index contributed by atoms with van der Waals surface area (Å²) in [5.41, 5.74) is 0.586. The molecule has 0 aliphatic heterocycles. The number of nitrogens with zero attached hydrogens (tertiary/aromatic N) is 1. The summed E-state index contributed by atoms with van der Waals surface area (Å²) in [4.78, 5) is 11.7. The van der Waals surface area contributed by atoms with E-state index in [0.29, 0.717) is 24.5 Å². The largest absolute Gasteiger partial charge is 0.493 e. The van der Waals surface area contributed by atoms with Crippen LogP contribution in [0.15, 0.2) is 29.8 Å². The highest BCUT2D eigenvalue weighted by Gasteiger charge is 2.12. The number of methoxy groups -OCH3 is 1. The Morgan fingerprint density at radius 3 is 2.75 bits per heavy atom. The number of carbonyl (C=O) groups excluding carboxylic acids is 1. The maximum absolute atomic E-state index is 11.7. The second-order valence-corrected chi connectivity index (χ2v) is 3.77. The number of rotatable bonds is 7. The van der Waals surface area contributed by atoms with Crippen molar-refractivity contribution in [1.82, 2.24) is 0 Å². The molecule has 0 aliphatic carbocycles. The van der Waals surface area contributed by atoms with Crippen molar-refractivity contribution in [2.75, 3.05) is 26.9 Å². The molecule has 1 rings (SSSR count). The van der Waals surface area contributed by atoms with Crippen LogP contribution in [-0.2, 0) is 14.3 Å². The molecule has 0 unspecified atom stereocenters. The van der Waals surface area contributed by atoms with Crippen molar-refractivity contribution in [1.29, 1.82) is 5.26 Å². The second kappa shape index (κ2) is 8.73. The minimum Gasteiger partial charge on any atom is -0.493 e. The van der Waals surface area contributed by atoms with Crippen LogP contribution in [0.5, 0.6) is 5.75 Å². The summed E-state index contributed by atoms with van der Waals surface area (Å²) in [6, 6.07) is 9.01. The lowest BCUT2D eigenvalue weighted by atomic mass is 10.1. The molecule has 5 heteroatoms. The Bertz CT molecular complexity index is 517. The van der Waals surface area contributed by atoms with Crippen LogP contribution >= 0.6 is 0 Å². The Balaban J connectivity index is 2.89. The van der Waals surface area contributed by atoms with Gasteiger partial charge in [-0.05, 0) is 19.1 Å². The summed E-state index contributed by atoms with van der Waals surface area (Å²) in [5, 5.41) is 9.04. The van der Waals surface area contributed by atoms with E-state index >= 15 is 0 Å². The van der Waals surface area contributed by atoms with E-state index in [-0.39, 0.29) is 12.2 Å². The highest BCUT2D eigenvalue weighted by atomic mass is 16.6. The quantitative estimate of drug-likeness (QED) is 0.330. The van der Waals surface area contributed by atoms with E-state index in [9.17, 15) is 4.79 Å². The molecule has 5 nitrogen and oxygen atoms in total. The molecule has 0 saturated carbocycles. The van der Waals surface area contributed by atoms with Crippen LogP contribution in [-0.4, -0.2) is 32.9 Å². The number of nitriles is 1. The highest BCUT2D eigenvalue weighted by molar-refractivity contribution is 5.98. The van der Waals surface area contributed by atoms with Crippen LogP contribution in [0.1, 0.15) is 12.5 Å². The van der Waals surface area contributed by atoms with Gasteiger partial charge in [0.25, 0.3) is 0 Å². The Labute approximate surface area is 118 Å². The first-order valence-electron chi connectivity index (χ1n) is 6.22. The van der Waals surface area contributed by atoms with Gasteiger partial charge in [-0.25, -0.2) is 4.79 Å². The molecule has 0 spiro atoms. The molecule has 0 atom stereocenters. The molecule has 1 aromatic carbocycles. The third-order valence-electron chi connectivity index (χ3n) is 2.38. The summed E-state index contributed by atoms with van der Waals surface area (Å²) in [5.74, 6) is -0.0525. The molecule has 0 radical (unpaired) electrons. The Morgan fingerprint density at radius 2 is 2.10 bits per heavy atom. The minimum absolute atomic E-state index is 0.0757. The van der Waals surface area contributed by atoms with Crippen LogP contribution in [0.3, 0.4) is 0 Å². The van der Waals surface area contributed by atoms with Crippen molar-refractivity contribution in [2.45, 2.75) is 6.92 Å². The van der Waals surface area contributed by atoms with Gasteiger partial charge in [0.1, 0.15) is 24.0 Å². The number of hydrogen-bond donors (Lipinski definition) is 0. The van der Waals surface area contributed by atoms with Crippen LogP contribution in [0.4, 0.5) is 0 Å². The molecule has 0 bridgehead atoms. The zero-order chi connectivity index (χ0) is 14.8. The third kappa shape index (κ3) is 4.75. The van der Waals surface area contributed by atoms with Crippen molar-refractivity contribution in [3.05, 3.63) is 35.4 Å². The van der Waals surface area contributed by atoms with Crippen LogP contribution in [0, 0.1) is 11.3 Å². The van der Waals surface area contributed by atoms with Gasteiger partial charge in [-0.2, -0.15) is 5.26 Å². The summed E-state index contributed by atoms with van der Waals surface area (Å²) < 4.78 is 15.1. The van der Waals surface area contributed by atoms with Gasteiger partial charge in [0.2, 0.25) is 0 Å². The molecule has 0 N–H and O–H groups in total. The molecular formula is C15H17NO4. The van der Waals surface area contributed by atoms with Crippen molar-refractivity contribution in [2.24, 2.45) is 0 Å². The molecule has 0 aromatic heterocycles. The van der Waals surface area contributed by atoms with Gasteiger partial charge in [0.15, 0.2) is 0 Å². The average Bonchev–Trinajstić information content (AvgIpc) is 2.46. The number of esters is 1. The third-order valence-corrected chi connectivity index (χ3v) is 2.38. The number of benzene rings is 1. The van der Waals surface area contributed by atoms with Gasteiger partial charge in [0.05, 0.1) is 13.2 Å². The Morgan fingerprint density at radius 1 is 1.35 bits per heavy atom. The number of hydrogen-bond acceptors (Lipinski definition) is 5. The fraction of sp³-hybridized carbons (Fsp3) is 0.333. The van der Waals surface area contributed by atoms with E-state index < -0.39 is 5.97 Å². The van der Waals surface area contributed by atoms with Crippen LogP contribution < -0.4 is 4.74 Å². The fourth-order valence-corrected chi connectivity index (χ4v) is 1.47. The smallest absolute Gasteiger partial charge is 0.348 e. The van der Waals surface area contributed by atoms with Crippen molar-refractivity contribution in [3.8, 4) is 11.8 Å². The molecule has 20 heavy (non-hydrogen) atoms. The van der Waals surface area contributed by atoms with E-state index in [1.165, 1.54) is 13.2 Å². The summed E-state index contributed by atoms with van der Waals surface area (Å²) >= 11 is 0. The lowest BCUT2D eigenvalue weighted by molar-refractivity contribution is -0.139. The lowest BCUT2D eigenvalue weighted by Gasteiger charge is -2.07. The monoisotopic (exact) mass is 275 g/mol. The first kappa shape index (κ1) is 15.7. The zero-order valence-electron chi connectivity index (χ0n) is 11.6. The molecule has 0 saturated heterocycles. The Kier molecular flexibility index (Phi) is 6.87. The summed E-state index contributed by atoms with van der Waals surface area (Å²) in [6.45, 7) is 2.77. The molecule has 0 aliphatic rings. The molecule has 0 heterocycles. The minimum atomic E-state index is -0.671. The predicted octanol–water partition coefficient (Wildman–Crippen LogP) is 2.18. The molecule has 0 fully saturated rings. The standard InChI is InChI=1S/C15H17NO4/c1-3-19-14-7-5-4-6-12(14)10-13(11-16)15(17)20-9-8-18-2/h4-7,10H,3,8-9H2,1-2H3/b13-10+. The fourth-order valence-electron chi connectivity index (χ4n) is 1.47. The van der Waals surface area contributed by atoms with Crippen LogP contribution in [0.2, 0.25) is 0 Å². The topological polar surface area (TPSA) is 68.5 Å². The number of para-hydroxylation sites is 1. The first-order valence-corrected chi connectivity index (χ1v) is 6.22. The molecular weight excluding hydrogens is 258 g/mol. The number of carbonyl (C=O) groups is 1. The lowest BCUT2D eigenvalue weighted by Crippen LogP contribution is -2.11. The Hall–Kier alpha value is -2.32. The highest BCUT2D eigenvalue weighted by Crippen LogP contribution is 2.21. The second-order valence-electron chi connectivity index (χ2n) is 3.77. The maximum atomic E-state index is 11.7. The average molecular weight is 275 g/mol. The van der Waals surface area contributed by atoms with E-state index in [0.717, 1.165) is 0 Å². The van der Waals surface area contributed by atoms with E-state index in [2.05, 4.69) is 0 Å². The van der Waals surface area contributed by atoms with Gasteiger partial charge in [0, 0.05) is 12.7 Å². The zero-order valence-corrected chi connectivity index (χ0v) is 11.6. The predicted molar refractivity (Wildman–Crippen MR) is 74.0 cm³/mol. The van der Waals surface area contributed by atoms with Gasteiger partial charge in [-0.15, -0.1) is 0 Å². The van der Waals surface area contributed by atoms with E-state index in [1.54, 1.807) is 18.2 Å². The van der Waals surface area contributed by atoms with Crippen molar-refractivity contribution >= 4 is 12.0 Å².